The van der Waals surface area contributed by atoms with Crippen molar-refractivity contribution in [2.75, 3.05) is 54.4 Å². The molecule has 0 amide bonds. The predicted octanol–water partition coefficient (Wildman–Crippen LogP) is 1.69. The lowest BCUT2D eigenvalue weighted by Crippen LogP contribution is -2.19. The molecule has 0 saturated heterocycles. The van der Waals surface area contributed by atoms with Crippen LogP contribution in [0.25, 0.3) is 11.1 Å². The van der Waals surface area contributed by atoms with Crippen LogP contribution in [0.15, 0.2) is 36.7 Å². The molecular formula is C20H28N4+2. The van der Waals surface area contributed by atoms with Gasteiger partial charge >= 0.3 is 0 Å². The molecule has 0 radical (unpaired) electrons. The first-order valence-corrected chi connectivity index (χ1v) is 8.56. The number of likely N-dealkylation sites (N-methyl/N-ethyl adjacent to an activating group) is 4. The maximum atomic E-state index is 2.26. The fraction of sp³-hybridized carbons (Fsp3) is 0.400. The number of benzene rings is 1. The molecule has 2 aliphatic rings. The lowest BCUT2D eigenvalue weighted by atomic mass is 10.0. The summed E-state index contributed by atoms with van der Waals surface area (Å²) < 4.78 is 4.52. The summed E-state index contributed by atoms with van der Waals surface area (Å²) in [6.45, 7) is 4.20. The summed E-state index contributed by atoms with van der Waals surface area (Å²) >= 11 is 0. The second kappa shape index (κ2) is 7.04. The number of rotatable bonds is 2. The summed E-state index contributed by atoms with van der Waals surface area (Å²) in [5.41, 5.74) is 5.04. The Labute approximate surface area is 145 Å². The van der Waals surface area contributed by atoms with Gasteiger partial charge in [0.1, 0.15) is 14.1 Å². The Morgan fingerprint density at radius 3 is 1.46 bits per heavy atom. The molecule has 2 heterocycles. The molecule has 0 aromatic heterocycles. The second-order valence-corrected chi connectivity index (χ2v) is 6.93. The van der Waals surface area contributed by atoms with Gasteiger partial charge in [0.15, 0.2) is 25.5 Å². The van der Waals surface area contributed by atoms with Gasteiger partial charge in [-0.2, -0.15) is 0 Å². The quantitative estimate of drug-likeness (QED) is 0.768. The Kier molecular flexibility index (Phi) is 4.84. The van der Waals surface area contributed by atoms with Crippen LogP contribution in [0.2, 0.25) is 0 Å². The Bertz CT molecular complexity index is 660. The Hall–Kier alpha value is -2.36. The standard InChI is InChI=1S/C20H28N4/c1-21-9-10-22(2)14-19(13-21)17-5-7-18(8-6-17)20-15-23(3)11-12-24(4)16-20/h5-8,13-16H,9-12H2,1-4H3/q+2. The van der Waals surface area contributed by atoms with E-state index in [0.29, 0.717) is 0 Å². The first-order valence-electron chi connectivity index (χ1n) is 8.56. The molecule has 0 bridgehead atoms. The van der Waals surface area contributed by atoms with Crippen LogP contribution in [0.4, 0.5) is 0 Å². The van der Waals surface area contributed by atoms with Crippen molar-refractivity contribution in [1.82, 2.24) is 9.80 Å². The minimum absolute atomic E-state index is 1.05. The monoisotopic (exact) mass is 324 g/mol. The number of nitrogens with zero attached hydrogens (tertiary/aromatic N) is 4. The van der Waals surface area contributed by atoms with Gasteiger partial charge in [-0.1, -0.05) is 24.3 Å². The average molecular weight is 324 g/mol. The highest BCUT2D eigenvalue weighted by atomic mass is 15.1. The molecule has 0 N–H and O–H groups in total. The van der Waals surface area contributed by atoms with Gasteiger partial charge < -0.3 is 9.80 Å². The molecule has 24 heavy (non-hydrogen) atoms. The maximum absolute atomic E-state index is 2.26. The van der Waals surface area contributed by atoms with Gasteiger partial charge in [-0.15, -0.1) is 0 Å². The zero-order valence-electron chi connectivity index (χ0n) is 15.2. The highest BCUT2D eigenvalue weighted by Crippen LogP contribution is 2.20. The van der Waals surface area contributed by atoms with Crippen molar-refractivity contribution >= 4 is 23.6 Å². The number of hydrogen-bond acceptors (Lipinski definition) is 2. The SMILES string of the molecule is CN1C=C(c2ccc(C3=CN(C)CC[N+](C)=C3)cc2)C=[N+](C)CC1. The summed E-state index contributed by atoms with van der Waals surface area (Å²) in [4.78, 5) is 4.52. The van der Waals surface area contributed by atoms with Gasteiger partial charge in [0.2, 0.25) is 0 Å². The molecule has 4 heteroatoms. The molecule has 0 saturated carbocycles. The van der Waals surface area contributed by atoms with Crippen LogP contribution in [0.5, 0.6) is 0 Å². The molecule has 1 aromatic carbocycles. The van der Waals surface area contributed by atoms with E-state index in [1.165, 1.54) is 22.3 Å². The highest BCUT2D eigenvalue weighted by molar-refractivity contribution is 6.09. The molecule has 3 rings (SSSR count). The van der Waals surface area contributed by atoms with Crippen LogP contribution in [0.1, 0.15) is 11.1 Å². The third kappa shape index (κ3) is 3.94. The summed E-state index contributed by atoms with van der Waals surface area (Å²) in [5, 5.41) is 0. The van der Waals surface area contributed by atoms with Crippen molar-refractivity contribution < 1.29 is 9.15 Å². The van der Waals surface area contributed by atoms with Crippen molar-refractivity contribution in [3.63, 3.8) is 0 Å². The van der Waals surface area contributed by atoms with Crippen LogP contribution < -0.4 is 0 Å². The fourth-order valence-electron chi connectivity index (χ4n) is 3.06. The zero-order valence-corrected chi connectivity index (χ0v) is 15.2. The minimum Gasteiger partial charge on any atom is -0.373 e. The minimum atomic E-state index is 1.05. The largest absolute Gasteiger partial charge is 0.373 e. The van der Waals surface area contributed by atoms with Crippen molar-refractivity contribution in [3.8, 4) is 0 Å². The van der Waals surface area contributed by atoms with Gasteiger partial charge in [-0.25, -0.2) is 9.15 Å². The van der Waals surface area contributed by atoms with E-state index in [-0.39, 0.29) is 0 Å². The molecule has 1 aromatic rings. The summed E-state index contributed by atoms with van der Waals surface area (Å²) in [6.07, 6.45) is 8.93. The van der Waals surface area contributed by atoms with E-state index >= 15 is 0 Å². The van der Waals surface area contributed by atoms with E-state index in [4.69, 9.17) is 0 Å². The van der Waals surface area contributed by atoms with Gasteiger partial charge in [0.05, 0.1) is 24.2 Å². The zero-order chi connectivity index (χ0) is 17.1. The van der Waals surface area contributed by atoms with Gasteiger partial charge in [0.25, 0.3) is 0 Å². The average Bonchev–Trinajstić information content (AvgIpc) is 2.84. The van der Waals surface area contributed by atoms with Gasteiger partial charge in [0, 0.05) is 26.5 Å². The molecule has 0 aliphatic carbocycles. The highest BCUT2D eigenvalue weighted by Gasteiger charge is 2.14. The maximum Gasteiger partial charge on any atom is 0.172 e. The van der Waals surface area contributed by atoms with E-state index in [2.05, 4.69) is 96.2 Å². The van der Waals surface area contributed by atoms with Crippen LogP contribution in [0.3, 0.4) is 0 Å². The molecule has 2 aliphatic heterocycles. The molecule has 126 valence electrons. The first kappa shape index (κ1) is 16.5. The lowest BCUT2D eigenvalue weighted by Gasteiger charge is -2.11. The molecule has 0 spiro atoms. The van der Waals surface area contributed by atoms with Crippen LogP contribution in [-0.2, 0) is 0 Å². The van der Waals surface area contributed by atoms with Crippen molar-refractivity contribution in [2.45, 2.75) is 0 Å². The summed E-state index contributed by atoms with van der Waals surface area (Å²) in [7, 11) is 8.55. The molecule has 0 unspecified atom stereocenters. The van der Waals surface area contributed by atoms with Crippen LogP contribution in [0, 0.1) is 0 Å². The van der Waals surface area contributed by atoms with Crippen molar-refractivity contribution in [1.29, 1.82) is 0 Å². The van der Waals surface area contributed by atoms with E-state index in [0.717, 1.165) is 26.2 Å². The molecule has 4 nitrogen and oxygen atoms in total. The van der Waals surface area contributed by atoms with E-state index in [1.807, 2.05) is 0 Å². The molecular weight excluding hydrogens is 296 g/mol. The predicted molar refractivity (Wildman–Crippen MR) is 102 cm³/mol. The molecule has 0 fully saturated rings. The Morgan fingerprint density at radius 1 is 0.708 bits per heavy atom. The smallest absolute Gasteiger partial charge is 0.172 e. The molecule has 0 atom stereocenters. The Morgan fingerprint density at radius 2 is 1.08 bits per heavy atom. The second-order valence-electron chi connectivity index (χ2n) is 6.93. The van der Waals surface area contributed by atoms with Gasteiger partial charge in [-0.3, -0.25) is 0 Å². The van der Waals surface area contributed by atoms with Crippen molar-refractivity contribution in [3.05, 3.63) is 47.8 Å². The van der Waals surface area contributed by atoms with Gasteiger partial charge in [-0.05, 0) is 11.1 Å². The van der Waals surface area contributed by atoms with E-state index in [9.17, 15) is 0 Å². The number of hydrogen-bond donors (Lipinski definition) is 0. The Balaban J connectivity index is 1.90. The van der Waals surface area contributed by atoms with E-state index < -0.39 is 0 Å². The van der Waals surface area contributed by atoms with Crippen LogP contribution >= 0.6 is 0 Å². The van der Waals surface area contributed by atoms with E-state index in [1.54, 1.807) is 0 Å². The topological polar surface area (TPSA) is 12.5 Å². The number of allylic oxidation sites excluding steroid dienone is 2. The lowest BCUT2D eigenvalue weighted by molar-refractivity contribution is -0.490. The third-order valence-electron chi connectivity index (χ3n) is 4.60. The van der Waals surface area contributed by atoms with Crippen LogP contribution in [-0.4, -0.2) is 85.7 Å². The first-order chi connectivity index (χ1) is 11.5. The summed E-state index contributed by atoms with van der Waals surface area (Å²) in [5.74, 6) is 0. The fourth-order valence-corrected chi connectivity index (χ4v) is 3.06. The van der Waals surface area contributed by atoms with Crippen molar-refractivity contribution in [2.24, 2.45) is 0 Å². The summed E-state index contributed by atoms with van der Waals surface area (Å²) in [6, 6.07) is 8.91. The third-order valence-corrected chi connectivity index (χ3v) is 4.60. The normalized spacial score (nSPS) is 19.0.